The van der Waals surface area contributed by atoms with Crippen LogP contribution in [0.4, 0.5) is 13.2 Å². The van der Waals surface area contributed by atoms with Crippen LogP contribution >= 0.6 is 0 Å². The Labute approximate surface area is 115 Å². The summed E-state index contributed by atoms with van der Waals surface area (Å²) in [7, 11) is 0. The van der Waals surface area contributed by atoms with Crippen molar-refractivity contribution in [2.24, 2.45) is 5.73 Å². The standard InChI is InChI=1S/C15H14F3NO/c1-10-2-3-12(8-13(10)9-19)11-4-6-14(7-5-11)20-15(16,17)18/h2-8H,9,19H2,1H3. The molecule has 2 rings (SSSR count). The van der Waals surface area contributed by atoms with Crippen LogP contribution in [0, 0.1) is 6.92 Å². The Balaban J connectivity index is 2.26. The summed E-state index contributed by atoms with van der Waals surface area (Å²) in [6.07, 6.45) is -4.67. The number of rotatable bonds is 3. The number of aryl methyl sites for hydroxylation is 1. The maximum atomic E-state index is 12.1. The quantitative estimate of drug-likeness (QED) is 0.922. The molecule has 2 N–H and O–H groups in total. The molecule has 20 heavy (non-hydrogen) atoms. The molecule has 2 aromatic carbocycles. The van der Waals surface area contributed by atoms with E-state index in [2.05, 4.69) is 4.74 Å². The first-order chi connectivity index (χ1) is 9.39. The van der Waals surface area contributed by atoms with E-state index in [0.717, 1.165) is 22.3 Å². The van der Waals surface area contributed by atoms with Gasteiger partial charge in [0, 0.05) is 6.54 Å². The zero-order valence-corrected chi connectivity index (χ0v) is 10.9. The fourth-order valence-corrected chi connectivity index (χ4v) is 1.92. The summed E-state index contributed by atoms with van der Waals surface area (Å²) in [5.41, 5.74) is 9.48. The van der Waals surface area contributed by atoms with Gasteiger partial charge in [-0.2, -0.15) is 0 Å². The van der Waals surface area contributed by atoms with Gasteiger partial charge in [-0.25, -0.2) is 0 Å². The van der Waals surface area contributed by atoms with E-state index in [1.165, 1.54) is 12.1 Å². The van der Waals surface area contributed by atoms with Gasteiger partial charge in [-0.05, 0) is 47.4 Å². The fraction of sp³-hybridized carbons (Fsp3) is 0.200. The number of hydrogen-bond acceptors (Lipinski definition) is 2. The summed E-state index contributed by atoms with van der Waals surface area (Å²) in [5.74, 6) is -0.229. The van der Waals surface area contributed by atoms with Gasteiger partial charge in [-0.1, -0.05) is 24.3 Å². The van der Waals surface area contributed by atoms with E-state index in [0.29, 0.717) is 6.54 Å². The van der Waals surface area contributed by atoms with Crippen LogP contribution in [0.2, 0.25) is 0 Å². The van der Waals surface area contributed by atoms with Crippen molar-refractivity contribution in [1.82, 2.24) is 0 Å². The zero-order valence-electron chi connectivity index (χ0n) is 10.9. The molecule has 0 radical (unpaired) electrons. The first kappa shape index (κ1) is 14.4. The molecule has 5 heteroatoms. The monoisotopic (exact) mass is 281 g/mol. The molecule has 0 fully saturated rings. The van der Waals surface area contributed by atoms with Crippen molar-refractivity contribution in [2.75, 3.05) is 0 Å². The molecule has 0 amide bonds. The topological polar surface area (TPSA) is 35.2 Å². The molecule has 0 aliphatic rings. The molecule has 0 aliphatic carbocycles. The molecule has 0 saturated carbocycles. The van der Waals surface area contributed by atoms with E-state index in [1.807, 2.05) is 25.1 Å². The Morgan fingerprint density at radius 3 is 2.15 bits per heavy atom. The molecule has 0 saturated heterocycles. The first-order valence-corrected chi connectivity index (χ1v) is 6.05. The van der Waals surface area contributed by atoms with Crippen LogP contribution in [0.15, 0.2) is 42.5 Å². The molecule has 0 aromatic heterocycles. The van der Waals surface area contributed by atoms with Gasteiger partial charge in [0.25, 0.3) is 0 Å². The third-order valence-electron chi connectivity index (χ3n) is 2.99. The van der Waals surface area contributed by atoms with Crippen molar-refractivity contribution in [2.45, 2.75) is 19.8 Å². The predicted molar refractivity (Wildman–Crippen MR) is 71.2 cm³/mol. The van der Waals surface area contributed by atoms with Crippen LogP contribution in [0.1, 0.15) is 11.1 Å². The number of nitrogens with two attached hydrogens (primary N) is 1. The molecule has 2 aromatic rings. The summed E-state index contributed by atoms with van der Waals surface area (Å²) in [6.45, 7) is 2.39. The van der Waals surface area contributed by atoms with Gasteiger partial charge >= 0.3 is 6.36 Å². The second kappa shape index (κ2) is 5.54. The van der Waals surface area contributed by atoms with E-state index in [4.69, 9.17) is 5.73 Å². The molecule has 0 aliphatic heterocycles. The third kappa shape index (κ3) is 3.51. The zero-order chi connectivity index (χ0) is 14.8. The molecule has 0 spiro atoms. The van der Waals surface area contributed by atoms with Crippen LogP contribution in [0.25, 0.3) is 11.1 Å². The van der Waals surface area contributed by atoms with Crippen LogP contribution < -0.4 is 10.5 Å². The summed E-state index contributed by atoms with van der Waals surface area (Å²) < 4.78 is 40.1. The highest BCUT2D eigenvalue weighted by Crippen LogP contribution is 2.27. The second-order valence-corrected chi connectivity index (χ2v) is 4.42. The highest BCUT2D eigenvalue weighted by atomic mass is 19.4. The van der Waals surface area contributed by atoms with E-state index < -0.39 is 6.36 Å². The average Bonchev–Trinajstić information content (AvgIpc) is 2.38. The van der Waals surface area contributed by atoms with E-state index in [1.54, 1.807) is 12.1 Å². The largest absolute Gasteiger partial charge is 0.573 e. The van der Waals surface area contributed by atoms with Crippen molar-refractivity contribution in [3.8, 4) is 16.9 Å². The molecule has 0 unspecified atom stereocenters. The second-order valence-electron chi connectivity index (χ2n) is 4.42. The van der Waals surface area contributed by atoms with Crippen molar-refractivity contribution >= 4 is 0 Å². The predicted octanol–water partition coefficient (Wildman–Crippen LogP) is 4.02. The maximum absolute atomic E-state index is 12.1. The molecular formula is C15H14F3NO. The van der Waals surface area contributed by atoms with Gasteiger partial charge in [0.15, 0.2) is 0 Å². The highest BCUT2D eigenvalue weighted by molar-refractivity contribution is 5.65. The van der Waals surface area contributed by atoms with Gasteiger partial charge < -0.3 is 10.5 Å². The number of benzene rings is 2. The molecule has 106 valence electrons. The minimum Gasteiger partial charge on any atom is -0.406 e. The molecule has 0 bridgehead atoms. The third-order valence-corrected chi connectivity index (χ3v) is 2.99. The van der Waals surface area contributed by atoms with Gasteiger partial charge in [-0.3, -0.25) is 0 Å². The Hall–Kier alpha value is -2.01. The van der Waals surface area contributed by atoms with Crippen molar-refractivity contribution in [1.29, 1.82) is 0 Å². The maximum Gasteiger partial charge on any atom is 0.573 e. The molecule has 0 atom stereocenters. The Morgan fingerprint density at radius 1 is 1.00 bits per heavy atom. The number of halogens is 3. The lowest BCUT2D eigenvalue weighted by atomic mass is 10.00. The minimum atomic E-state index is -4.67. The number of alkyl halides is 3. The van der Waals surface area contributed by atoms with Crippen molar-refractivity contribution < 1.29 is 17.9 Å². The SMILES string of the molecule is Cc1ccc(-c2ccc(OC(F)(F)F)cc2)cc1CN. The number of hydrogen-bond donors (Lipinski definition) is 1. The molecule has 2 nitrogen and oxygen atoms in total. The minimum absolute atomic E-state index is 0.229. The van der Waals surface area contributed by atoms with Crippen LogP contribution in [-0.2, 0) is 6.54 Å². The lowest BCUT2D eigenvalue weighted by molar-refractivity contribution is -0.274. The lowest BCUT2D eigenvalue weighted by Crippen LogP contribution is -2.16. The summed E-state index contributed by atoms with van der Waals surface area (Å²) >= 11 is 0. The highest BCUT2D eigenvalue weighted by Gasteiger charge is 2.30. The Kier molecular flexibility index (Phi) is 3.99. The molecule has 0 heterocycles. The van der Waals surface area contributed by atoms with Crippen LogP contribution in [-0.4, -0.2) is 6.36 Å². The van der Waals surface area contributed by atoms with Crippen LogP contribution in [0.5, 0.6) is 5.75 Å². The average molecular weight is 281 g/mol. The smallest absolute Gasteiger partial charge is 0.406 e. The molecular weight excluding hydrogens is 267 g/mol. The van der Waals surface area contributed by atoms with E-state index in [-0.39, 0.29) is 5.75 Å². The van der Waals surface area contributed by atoms with E-state index >= 15 is 0 Å². The van der Waals surface area contributed by atoms with Crippen molar-refractivity contribution in [3.63, 3.8) is 0 Å². The lowest BCUT2D eigenvalue weighted by Gasteiger charge is -2.10. The van der Waals surface area contributed by atoms with Gasteiger partial charge in [0.1, 0.15) is 5.75 Å². The Morgan fingerprint density at radius 2 is 1.60 bits per heavy atom. The summed E-state index contributed by atoms with van der Waals surface area (Å²) in [6, 6.07) is 11.6. The summed E-state index contributed by atoms with van der Waals surface area (Å²) in [5, 5.41) is 0. The Bertz CT molecular complexity index is 591. The number of ether oxygens (including phenoxy) is 1. The van der Waals surface area contributed by atoms with Crippen molar-refractivity contribution in [3.05, 3.63) is 53.6 Å². The van der Waals surface area contributed by atoms with E-state index in [9.17, 15) is 13.2 Å². The fourth-order valence-electron chi connectivity index (χ4n) is 1.92. The van der Waals surface area contributed by atoms with Crippen LogP contribution in [0.3, 0.4) is 0 Å². The summed E-state index contributed by atoms with van der Waals surface area (Å²) in [4.78, 5) is 0. The van der Waals surface area contributed by atoms with Gasteiger partial charge in [-0.15, -0.1) is 13.2 Å². The normalized spacial score (nSPS) is 11.4. The first-order valence-electron chi connectivity index (χ1n) is 6.05. The van der Waals surface area contributed by atoms with Gasteiger partial charge in [0.05, 0.1) is 0 Å². The van der Waals surface area contributed by atoms with Gasteiger partial charge in [0.2, 0.25) is 0 Å².